The summed E-state index contributed by atoms with van der Waals surface area (Å²) in [5.74, 6) is 0.457. The highest BCUT2D eigenvalue weighted by Crippen LogP contribution is 2.25. The molecule has 0 aliphatic carbocycles. The predicted molar refractivity (Wildman–Crippen MR) is 135 cm³/mol. The highest BCUT2D eigenvalue weighted by atomic mass is 19.1. The lowest BCUT2D eigenvalue weighted by atomic mass is 10.00. The maximum Gasteiger partial charge on any atom is 0.257 e. The lowest BCUT2D eigenvalue weighted by molar-refractivity contribution is 0.0501. The van der Waals surface area contributed by atoms with E-state index in [1.54, 1.807) is 17.9 Å². The molecule has 2 unspecified atom stereocenters. The number of nitrogens with zero attached hydrogens (tertiary/aromatic N) is 2. The maximum absolute atomic E-state index is 14.1. The molecular formula is C28H38FN3O3. The number of hydrogen-bond acceptors (Lipinski definition) is 5. The van der Waals surface area contributed by atoms with Gasteiger partial charge in [-0.25, -0.2) is 4.39 Å². The molecular weight excluding hydrogens is 445 g/mol. The number of rotatable bonds is 10. The van der Waals surface area contributed by atoms with Crippen molar-refractivity contribution in [3.63, 3.8) is 0 Å². The molecule has 2 aromatic carbocycles. The molecule has 2 atom stereocenters. The summed E-state index contributed by atoms with van der Waals surface area (Å²) in [6.07, 6.45) is 1.32. The minimum atomic E-state index is -1.15. The number of carbonyl (C=O) groups excluding carboxylic acids is 1. The van der Waals surface area contributed by atoms with E-state index in [0.29, 0.717) is 56.9 Å². The van der Waals surface area contributed by atoms with Crippen molar-refractivity contribution < 1.29 is 19.0 Å². The fourth-order valence-corrected chi connectivity index (χ4v) is 4.76. The van der Waals surface area contributed by atoms with Gasteiger partial charge in [-0.05, 0) is 61.6 Å². The van der Waals surface area contributed by atoms with Gasteiger partial charge in [0.05, 0.1) is 18.2 Å². The Bertz CT molecular complexity index is 1010. The Morgan fingerprint density at radius 1 is 1.17 bits per heavy atom. The number of carbonyl (C=O) groups is 1. The molecule has 2 aliphatic rings. The molecule has 2 N–H and O–H groups in total. The fourth-order valence-electron chi connectivity index (χ4n) is 4.76. The van der Waals surface area contributed by atoms with Gasteiger partial charge in [0, 0.05) is 32.7 Å². The summed E-state index contributed by atoms with van der Waals surface area (Å²) in [5.41, 5.74) is 3.06. The number of fused-ring (bicyclic) bond motifs is 2. The number of aliphatic hydroxyl groups excluding tert-OH is 1. The highest BCUT2D eigenvalue weighted by Gasteiger charge is 2.27. The van der Waals surface area contributed by atoms with Gasteiger partial charge in [0.2, 0.25) is 0 Å². The molecule has 0 aromatic heterocycles. The zero-order chi connectivity index (χ0) is 24.8. The predicted octanol–water partition coefficient (Wildman–Crippen LogP) is 3.56. The number of β-amino-alcohol motifs (C(OH)–C–C–N with tert-alkyl or cyclic N) is 1. The third kappa shape index (κ3) is 6.81. The summed E-state index contributed by atoms with van der Waals surface area (Å²) < 4.78 is 19.9. The van der Waals surface area contributed by atoms with Crippen LogP contribution in [-0.4, -0.2) is 71.9 Å². The van der Waals surface area contributed by atoms with Crippen LogP contribution in [0.4, 0.5) is 4.39 Å². The second kappa shape index (κ2) is 11.5. The fraction of sp³-hybridized carbons (Fsp3) is 0.536. The van der Waals surface area contributed by atoms with Crippen molar-refractivity contribution in [3.05, 3.63) is 64.7 Å². The Balaban J connectivity index is 1.30. The molecule has 35 heavy (non-hydrogen) atoms. The first-order valence-electron chi connectivity index (χ1n) is 12.8. The van der Waals surface area contributed by atoms with Crippen molar-refractivity contribution in [2.45, 2.75) is 58.0 Å². The van der Waals surface area contributed by atoms with Gasteiger partial charge >= 0.3 is 0 Å². The number of amides is 1. The van der Waals surface area contributed by atoms with Gasteiger partial charge in [0.1, 0.15) is 18.0 Å². The topological polar surface area (TPSA) is 65.0 Å². The zero-order valence-corrected chi connectivity index (χ0v) is 20.9. The van der Waals surface area contributed by atoms with E-state index in [0.717, 1.165) is 25.1 Å². The molecule has 2 aliphatic heterocycles. The summed E-state index contributed by atoms with van der Waals surface area (Å²) in [6, 6.07) is 14.0. The second-order valence-corrected chi connectivity index (χ2v) is 10.0. The number of aliphatic hydroxyl groups is 1. The summed E-state index contributed by atoms with van der Waals surface area (Å²) in [5, 5.41) is 14.1. The summed E-state index contributed by atoms with van der Waals surface area (Å²) in [7, 11) is 0. The van der Waals surface area contributed by atoms with E-state index in [1.165, 1.54) is 11.1 Å². The molecule has 0 spiro atoms. The van der Waals surface area contributed by atoms with Crippen LogP contribution < -0.4 is 10.1 Å². The van der Waals surface area contributed by atoms with Crippen LogP contribution in [0.15, 0.2) is 42.5 Å². The van der Waals surface area contributed by atoms with Crippen LogP contribution in [-0.2, 0) is 19.5 Å². The van der Waals surface area contributed by atoms with Gasteiger partial charge in [0.15, 0.2) is 0 Å². The number of benzene rings is 2. The van der Waals surface area contributed by atoms with Crippen LogP contribution in [0.5, 0.6) is 5.75 Å². The van der Waals surface area contributed by atoms with E-state index in [1.807, 2.05) is 19.1 Å². The Morgan fingerprint density at radius 2 is 1.97 bits per heavy atom. The maximum atomic E-state index is 14.1. The lowest BCUT2D eigenvalue weighted by Crippen LogP contribution is -2.44. The van der Waals surface area contributed by atoms with Crippen LogP contribution in [0.1, 0.15) is 53.7 Å². The average molecular weight is 484 g/mol. The summed E-state index contributed by atoms with van der Waals surface area (Å²) >= 11 is 0. The molecule has 6 nitrogen and oxygen atoms in total. The molecule has 2 heterocycles. The second-order valence-electron chi connectivity index (χ2n) is 10.0. The quantitative estimate of drug-likeness (QED) is 0.506. The van der Waals surface area contributed by atoms with Crippen LogP contribution in [0, 0.1) is 0 Å². The largest absolute Gasteiger partial charge is 0.491 e. The van der Waals surface area contributed by atoms with Crippen molar-refractivity contribution in [3.8, 4) is 5.75 Å². The van der Waals surface area contributed by atoms with Crippen LogP contribution in [0.3, 0.4) is 0 Å². The summed E-state index contributed by atoms with van der Waals surface area (Å²) in [4.78, 5) is 17.2. The number of hydrogen-bond donors (Lipinski definition) is 2. The number of ether oxygens (including phenoxy) is 1. The van der Waals surface area contributed by atoms with E-state index in [9.17, 15) is 14.3 Å². The van der Waals surface area contributed by atoms with Crippen molar-refractivity contribution >= 4 is 5.91 Å². The van der Waals surface area contributed by atoms with Crippen LogP contribution in [0.2, 0.25) is 0 Å². The van der Waals surface area contributed by atoms with Crippen LogP contribution in [0.25, 0.3) is 0 Å². The minimum Gasteiger partial charge on any atom is -0.491 e. The molecule has 1 amide bonds. The molecule has 7 heteroatoms. The standard InChI is InChI=1S/C28H38FN3O3/c1-3-28(2,29)11-12-30-17-21-8-9-25-26(16-21)35-15-14-32(27(25)34)20-24(33)19-31-13-10-22-6-4-5-7-23(22)18-31/h4-9,16,24,30,33H,3,10-15,17-20H2,1-2H3. The first-order valence-corrected chi connectivity index (χ1v) is 12.8. The van der Waals surface area contributed by atoms with Gasteiger partial charge in [0.25, 0.3) is 5.91 Å². The van der Waals surface area contributed by atoms with Crippen molar-refractivity contribution in [2.75, 3.05) is 39.3 Å². The molecule has 0 radical (unpaired) electrons. The lowest BCUT2D eigenvalue weighted by Gasteiger charge is -2.32. The van der Waals surface area contributed by atoms with Crippen molar-refractivity contribution in [2.24, 2.45) is 0 Å². The van der Waals surface area contributed by atoms with E-state index < -0.39 is 11.8 Å². The zero-order valence-electron chi connectivity index (χ0n) is 20.9. The third-order valence-corrected chi connectivity index (χ3v) is 7.18. The molecule has 2 aromatic rings. The van der Waals surface area contributed by atoms with Gasteiger partial charge < -0.3 is 20.1 Å². The van der Waals surface area contributed by atoms with E-state index in [4.69, 9.17) is 4.74 Å². The third-order valence-electron chi connectivity index (χ3n) is 7.18. The molecule has 0 bridgehead atoms. The monoisotopic (exact) mass is 483 g/mol. The van der Waals surface area contributed by atoms with Crippen molar-refractivity contribution in [1.82, 2.24) is 15.1 Å². The summed E-state index contributed by atoms with van der Waals surface area (Å²) in [6.45, 7) is 8.04. The Kier molecular flexibility index (Phi) is 8.42. The van der Waals surface area contributed by atoms with Gasteiger partial charge in [-0.3, -0.25) is 9.69 Å². The first kappa shape index (κ1) is 25.6. The molecule has 0 fully saturated rings. The van der Waals surface area contributed by atoms with Crippen molar-refractivity contribution in [1.29, 1.82) is 0 Å². The minimum absolute atomic E-state index is 0.115. The Morgan fingerprint density at radius 3 is 2.77 bits per heavy atom. The smallest absolute Gasteiger partial charge is 0.257 e. The highest BCUT2D eigenvalue weighted by molar-refractivity contribution is 5.97. The number of alkyl halides is 1. The van der Waals surface area contributed by atoms with Gasteiger partial charge in [-0.2, -0.15) is 0 Å². The molecule has 190 valence electrons. The SMILES string of the molecule is CCC(C)(F)CCNCc1ccc2c(c1)OCCN(CC(O)CN1CCc3ccccc3C1)C2=O. The van der Waals surface area contributed by atoms with E-state index in [-0.39, 0.29) is 12.5 Å². The first-order chi connectivity index (χ1) is 16.8. The number of halogens is 1. The molecule has 0 saturated heterocycles. The Hall–Kier alpha value is -2.48. The van der Waals surface area contributed by atoms with Gasteiger partial charge in [-0.1, -0.05) is 37.3 Å². The van der Waals surface area contributed by atoms with E-state index in [2.05, 4.69) is 34.5 Å². The van der Waals surface area contributed by atoms with Gasteiger partial charge in [-0.15, -0.1) is 0 Å². The van der Waals surface area contributed by atoms with Crippen LogP contribution >= 0.6 is 0 Å². The number of nitrogens with one attached hydrogen (secondary N) is 1. The normalized spacial score (nSPS) is 18.7. The Labute approximate surface area is 208 Å². The van der Waals surface area contributed by atoms with E-state index >= 15 is 0 Å². The average Bonchev–Trinajstić information content (AvgIpc) is 3.00. The molecule has 4 rings (SSSR count). The molecule has 0 saturated carbocycles.